The minimum Gasteiger partial charge on any atom is -0.459 e. The van der Waals surface area contributed by atoms with E-state index in [0.717, 1.165) is 18.4 Å². The molecule has 5 nitrogen and oxygen atoms in total. The fraction of sp³-hybridized carbons (Fsp3) is 0.625. The molecule has 2 aliphatic heterocycles. The van der Waals surface area contributed by atoms with Crippen molar-refractivity contribution in [2.24, 2.45) is 11.8 Å². The molecular formula is C24H32O5. The molecule has 158 valence electrons. The SMILES string of the molecule is CC(C)[C@@H]1[C@@H](O)[C@H]2O[C@@]2(C)CC[C@@H]2O[C@@]2(C)C[C@@H]1OC(=O)C=Cc1ccccc1. The lowest BCUT2D eigenvalue weighted by atomic mass is 9.76. The standard InChI is InChI=1S/C24H32O5/c1-15(2)20-17(27-19(25)11-10-16-8-6-5-7-9-16)14-24(4)18(28-24)12-13-23(3)22(29-23)21(20)26/h5-11,15,17-18,20-22,26H,12-14H2,1-4H3/t17-,18-,20-,21+,22+,23-,24-/m0/s1. The minimum absolute atomic E-state index is 0.134. The minimum atomic E-state index is -0.671. The van der Waals surface area contributed by atoms with Gasteiger partial charge in [-0.3, -0.25) is 0 Å². The summed E-state index contributed by atoms with van der Waals surface area (Å²) in [5.41, 5.74) is 0.327. The zero-order chi connectivity index (χ0) is 20.8. The quantitative estimate of drug-likeness (QED) is 0.474. The summed E-state index contributed by atoms with van der Waals surface area (Å²) in [6, 6.07) is 9.65. The molecule has 2 saturated heterocycles. The fourth-order valence-electron chi connectivity index (χ4n) is 4.96. The van der Waals surface area contributed by atoms with E-state index < -0.39 is 18.2 Å². The Balaban J connectivity index is 1.54. The topological polar surface area (TPSA) is 71.6 Å². The molecule has 29 heavy (non-hydrogen) atoms. The maximum atomic E-state index is 12.6. The van der Waals surface area contributed by atoms with Crippen molar-refractivity contribution in [3.63, 3.8) is 0 Å². The number of esters is 1. The Bertz CT molecular complexity index is 775. The summed E-state index contributed by atoms with van der Waals surface area (Å²) < 4.78 is 17.9. The number of carbonyl (C=O) groups is 1. The summed E-state index contributed by atoms with van der Waals surface area (Å²) in [5.74, 6) is -0.473. The number of aliphatic hydroxyl groups excluding tert-OH is 1. The molecule has 1 aliphatic carbocycles. The molecule has 0 spiro atoms. The maximum Gasteiger partial charge on any atom is 0.331 e. The van der Waals surface area contributed by atoms with E-state index in [1.807, 2.05) is 30.3 Å². The van der Waals surface area contributed by atoms with Crippen LogP contribution in [0.1, 0.15) is 52.5 Å². The van der Waals surface area contributed by atoms with Crippen molar-refractivity contribution in [3.05, 3.63) is 42.0 Å². The summed E-state index contributed by atoms with van der Waals surface area (Å²) >= 11 is 0. The lowest BCUT2D eigenvalue weighted by molar-refractivity contribution is -0.152. The molecule has 3 fully saturated rings. The number of epoxide rings is 2. The van der Waals surface area contributed by atoms with Gasteiger partial charge in [0.05, 0.1) is 23.4 Å². The van der Waals surface area contributed by atoms with Gasteiger partial charge in [-0.1, -0.05) is 44.2 Å². The van der Waals surface area contributed by atoms with Crippen LogP contribution in [-0.4, -0.2) is 46.7 Å². The molecule has 0 amide bonds. The second-order valence-electron chi connectivity index (χ2n) is 9.54. The van der Waals surface area contributed by atoms with Crippen LogP contribution in [0.15, 0.2) is 36.4 Å². The summed E-state index contributed by atoms with van der Waals surface area (Å²) in [4.78, 5) is 12.6. The lowest BCUT2D eigenvalue weighted by Gasteiger charge is -2.34. The Morgan fingerprint density at radius 2 is 1.93 bits per heavy atom. The molecule has 0 unspecified atom stereocenters. The predicted octanol–water partition coefficient (Wildman–Crippen LogP) is 3.74. The average molecular weight is 401 g/mol. The highest BCUT2D eigenvalue weighted by atomic mass is 16.6. The second kappa shape index (κ2) is 7.53. The van der Waals surface area contributed by atoms with Gasteiger partial charge >= 0.3 is 5.97 Å². The Morgan fingerprint density at radius 1 is 1.21 bits per heavy atom. The van der Waals surface area contributed by atoms with Gasteiger partial charge < -0.3 is 19.3 Å². The Morgan fingerprint density at radius 3 is 2.62 bits per heavy atom. The van der Waals surface area contributed by atoms with E-state index in [9.17, 15) is 9.90 Å². The lowest BCUT2D eigenvalue weighted by Crippen LogP contribution is -2.45. The molecule has 3 aliphatic rings. The number of rotatable bonds is 4. The van der Waals surface area contributed by atoms with Crippen molar-refractivity contribution in [1.29, 1.82) is 0 Å². The number of ether oxygens (including phenoxy) is 3. The zero-order valence-corrected chi connectivity index (χ0v) is 17.7. The number of hydrogen-bond acceptors (Lipinski definition) is 5. The summed E-state index contributed by atoms with van der Waals surface area (Å²) in [6.07, 6.45) is 4.43. The fourth-order valence-corrected chi connectivity index (χ4v) is 4.96. The largest absolute Gasteiger partial charge is 0.459 e. The van der Waals surface area contributed by atoms with Crippen molar-refractivity contribution in [1.82, 2.24) is 0 Å². The zero-order valence-electron chi connectivity index (χ0n) is 17.7. The smallest absolute Gasteiger partial charge is 0.331 e. The molecule has 2 heterocycles. The highest BCUT2D eigenvalue weighted by Gasteiger charge is 2.63. The van der Waals surface area contributed by atoms with E-state index in [0.29, 0.717) is 6.42 Å². The summed E-state index contributed by atoms with van der Waals surface area (Å²) in [6.45, 7) is 8.27. The first-order chi connectivity index (χ1) is 13.7. The number of carbonyl (C=O) groups excluding carboxylic acids is 1. The van der Waals surface area contributed by atoms with E-state index in [4.69, 9.17) is 14.2 Å². The van der Waals surface area contributed by atoms with Crippen molar-refractivity contribution < 1.29 is 24.1 Å². The van der Waals surface area contributed by atoms with E-state index in [-0.39, 0.29) is 35.2 Å². The third-order valence-electron chi connectivity index (χ3n) is 6.87. The van der Waals surface area contributed by atoms with E-state index in [2.05, 4.69) is 27.7 Å². The van der Waals surface area contributed by atoms with Crippen molar-refractivity contribution in [2.75, 3.05) is 0 Å². The van der Waals surface area contributed by atoms with Crippen molar-refractivity contribution in [3.8, 4) is 0 Å². The van der Waals surface area contributed by atoms with Gasteiger partial charge in [-0.05, 0) is 44.2 Å². The van der Waals surface area contributed by atoms with Gasteiger partial charge in [0, 0.05) is 18.4 Å². The Hall–Kier alpha value is -1.69. The Labute approximate surface area is 173 Å². The molecule has 1 N–H and O–H groups in total. The average Bonchev–Trinajstić information content (AvgIpc) is 3.53. The molecule has 5 heteroatoms. The molecule has 0 bridgehead atoms. The first kappa shape index (κ1) is 20.6. The van der Waals surface area contributed by atoms with E-state index in [1.165, 1.54) is 6.08 Å². The van der Waals surface area contributed by atoms with Crippen LogP contribution < -0.4 is 0 Å². The number of fused-ring (bicyclic) bond motifs is 2. The van der Waals surface area contributed by atoms with E-state index in [1.54, 1.807) is 6.08 Å². The van der Waals surface area contributed by atoms with Gasteiger partial charge in [0.25, 0.3) is 0 Å². The van der Waals surface area contributed by atoms with Gasteiger partial charge in [-0.2, -0.15) is 0 Å². The van der Waals surface area contributed by atoms with E-state index >= 15 is 0 Å². The van der Waals surface area contributed by atoms with Crippen LogP contribution in [0.3, 0.4) is 0 Å². The van der Waals surface area contributed by atoms with Crippen molar-refractivity contribution >= 4 is 12.0 Å². The summed E-state index contributed by atoms with van der Waals surface area (Å²) in [7, 11) is 0. The van der Waals surface area contributed by atoms with Gasteiger partial charge in [-0.15, -0.1) is 0 Å². The predicted molar refractivity (Wildman–Crippen MR) is 110 cm³/mol. The van der Waals surface area contributed by atoms with Gasteiger partial charge in [0.1, 0.15) is 12.2 Å². The second-order valence-corrected chi connectivity index (χ2v) is 9.54. The third kappa shape index (κ3) is 4.27. The van der Waals surface area contributed by atoms with Crippen LogP contribution in [0.4, 0.5) is 0 Å². The summed E-state index contributed by atoms with van der Waals surface area (Å²) in [5, 5.41) is 11.1. The van der Waals surface area contributed by atoms with Crippen LogP contribution in [0.25, 0.3) is 6.08 Å². The number of benzene rings is 1. The molecule has 1 saturated carbocycles. The highest BCUT2D eigenvalue weighted by Crippen LogP contribution is 2.52. The van der Waals surface area contributed by atoms with Crippen LogP contribution in [0.2, 0.25) is 0 Å². The molecule has 1 aromatic rings. The molecule has 0 aromatic heterocycles. The molecule has 7 atom stereocenters. The molecular weight excluding hydrogens is 368 g/mol. The van der Waals surface area contributed by atoms with Crippen LogP contribution in [0.5, 0.6) is 0 Å². The van der Waals surface area contributed by atoms with Crippen LogP contribution in [-0.2, 0) is 19.0 Å². The first-order valence-corrected chi connectivity index (χ1v) is 10.7. The van der Waals surface area contributed by atoms with Gasteiger partial charge in [-0.25, -0.2) is 4.79 Å². The molecule has 1 aromatic carbocycles. The Kier molecular flexibility index (Phi) is 5.34. The highest BCUT2D eigenvalue weighted by molar-refractivity contribution is 5.87. The molecule has 4 rings (SSSR count). The van der Waals surface area contributed by atoms with Crippen LogP contribution in [0, 0.1) is 11.8 Å². The maximum absolute atomic E-state index is 12.6. The first-order valence-electron chi connectivity index (χ1n) is 10.7. The number of hydrogen-bond donors (Lipinski definition) is 1. The van der Waals surface area contributed by atoms with Gasteiger partial charge in [0.15, 0.2) is 0 Å². The van der Waals surface area contributed by atoms with Gasteiger partial charge in [0.2, 0.25) is 0 Å². The van der Waals surface area contributed by atoms with Crippen LogP contribution >= 0.6 is 0 Å². The van der Waals surface area contributed by atoms with Crippen molar-refractivity contribution in [2.45, 2.75) is 82.6 Å². The monoisotopic (exact) mass is 400 g/mol. The molecule has 0 radical (unpaired) electrons. The normalized spacial score (nSPS) is 41.5. The number of aliphatic hydroxyl groups is 1. The third-order valence-corrected chi connectivity index (χ3v) is 6.87.